The summed E-state index contributed by atoms with van der Waals surface area (Å²) in [7, 11) is 1.70. The lowest BCUT2D eigenvalue weighted by atomic mass is 9.89. The van der Waals surface area contributed by atoms with Crippen molar-refractivity contribution in [2.24, 2.45) is 0 Å². The Morgan fingerprint density at radius 2 is 2.09 bits per heavy atom. The van der Waals surface area contributed by atoms with E-state index in [9.17, 15) is 4.79 Å². The van der Waals surface area contributed by atoms with Crippen LogP contribution in [0.1, 0.15) is 37.1 Å². The highest BCUT2D eigenvalue weighted by Gasteiger charge is 2.30. The second-order valence-electron chi connectivity index (χ2n) is 5.95. The molecule has 0 radical (unpaired) electrons. The summed E-state index contributed by atoms with van der Waals surface area (Å²) in [5.41, 5.74) is 1.93. The topological polar surface area (TPSA) is 63.5 Å². The highest BCUT2D eigenvalue weighted by molar-refractivity contribution is 5.82. The number of rotatable bonds is 4. The largest absolute Gasteiger partial charge is 0.459 e. The molecule has 0 aliphatic heterocycles. The zero-order valence-electron chi connectivity index (χ0n) is 13.2. The number of hydrogen-bond donors (Lipinski definition) is 2. The molecule has 0 bridgehead atoms. The van der Waals surface area contributed by atoms with Crippen molar-refractivity contribution < 1.29 is 13.9 Å². The molecule has 1 atom stereocenters. The summed E-state index contributed by atoms with van der Waals surface area (Å²) in [6.45, 7) is 3.95. The Bertz CT molecular complexity index is 674. The number of benzene rings is 1. The number of para-hydroxylation sites is 1. The zero-order valence-corrected chi connectivity index (χ0v) is 13.2. The Morgan fingerprint density at radius 3 is 2.77 bits per heavy atom. The van der Waals surface area contributed by atoms with Crippen LogP contribution in [-0.4, -0.2) is 25.3 Å². The van der Waals surface area contributed by atoms with E-state index in [1.165, 1.54) is 0 Å². The Balaban J connectivity index is 1.62. The van der Waals surface area contributed by atoms with Gasteiger partial charge in [-0.2, -0.15) is 0 Å². The molecule has 1 aliphatic rings. The molecule has 1 saturated carbocycles. The van der Waals surface area contributed by atoms with E-state index in [-0.39, 0.29) is 24.2 Å². The number of urea groups is 1. The van der Waals surface area contributed by atoms with Crippen molar-refractivity contribution in [3.05, 3.63) is 35.6 Å². The predicted octanol–water partition coefficient (Wildman–Crippen LogP) is 3.28. The second-order valence-corrected chi connectivity index (χ2v) is 5.95. The highest BCUT2D eigenvalue weighted by atomic mass is 16.5. The Morgan fingerprint density at radius 1 is 1.36 bits per heavy atom. The van der Waals surface area contributed by atoms with E-state index in [4.69, 9.17) is 9.15 Å². The molecule has 3 rings (SSSR count). The van der Waals surface area contributed by atoms with E-state index in [0.29, 0.717) is 0 Å². The summed E-state index contributed by atoms with van der Waals surface area (Å²) in [6, 6.07) is 7.78. The first-order chi connectivity index (χ1) is 10.6. The van der Waals surface area contributed by atoms with Crippen LogP contribution < -0.4 is 10.6 Å². The molecular formula is C17H22N2O3. The van der Waals surface area contributed by atoms with Crippen LogP contribution in [-0.2, 0) is 4.74 Å². The summed E-state index contributed by atoms with van der Waals surface area (Å²) < 4.78 is 11.1. The first-order valence-corrected chi connectivity index (χ1v) is 7.66. The molecule has 118 valence electrons. The lowest BCUT2D eigenvalue weighted by Gasteiger charge is -2.34. The zero-order chi connectivity index (χ0) is 15.7. The molecular weight excluding hydrogens is 280 g/mol. The molecule has 0 spiro atoms. The van der Waals surface area contributed by atoms with Crippen molar-refractivity contribution in [3.8, 4) is 0 Å². The highest BCUT2D eigenvalue weighted by Crippen LogP contribution is 2.29. The summed E-state index contributed by atoms with van der Waals surface area (Å²) >= 11 is 0. The third-order valence-electron chi connectivity index (χ3n) is 4.38. The van der Waals surface area contributed by atoms with Crippen LogP contribution in [0.2, 0.25) is 0 Å². The number of carbonyl (C=O) groups is 1. The van der Waals surface area contributed by atoms with Gasteiger partial charge in [-0.1, -0.05) is 18.2 Å². The third kappa shape index (κ3) is 2.81. The average molecular weight is 302 g/mol. The predicted molar refractivity (Wildman–Crippen MR) is 84.9 cm³/mol. The lowest BCUT2D eigenvalue weighted by Crippen LogP contribution is -2.51. The minimum atomic E-state index is -0.175. The maximum Gasteiger partial charge on any atom is 0.315 e. The summed E-state index contributed by atoms with van der Waals surface area (Å²) in [5, 5.41) is 7.00. The minimum absolute atomic E-state index is 0.160. The molecule has 1 fully saturated rings. The molecule has 2 amide bonds. The van der Waals surface area contributed by atoms with Gasteiger partial charge in [0.25, 0.3) is 0 Å². The van der Waals surface area contributed by atoms with Gasteiger partial charge in [-0.3, -0.25) is 0 Å². The molecule has 5 heteroatoms. The number of nitrogens with one attached hydrogen (secondary N) is 2. The first kappa shape index (κ1) is 14.9. The molecule has 1 heterocycles. The maximum absolute atomic E-state index is 12.0. The van der Waals surface area contributed by atoms with Gasteiger partial charge >= 0.3 is 6.03 Å². The van der Waals surface area contributed by atoms with E-state index in [1.54, 1.807) is 7.11 Å². The van der Waals surface area contributed by atoms with E-state index < -0.39 is 0 Å². The second kappa shape index (κ2) is 6.01. The number of ether oxygens (including phenoxy) is 1. The minimum Gasteiger partial charge on any atom is -0.459 e. The number of furan rings is 1. The van der Waals surface area contributed by atoms with E-state index in [1.807, 2.05) is 38.1 Å². The van der Waals surface area contributed by atoms with Crippen molar-refractivity contribution in [2.45, 2.75) is 44.9 Å². The van der Waals surface area contributed by atoms with Gasteiger partial charge in [-0.05, 0) is 32.8 Å². The third-order valence-corrected chi connectivity index (χ3v) is 4.38. The van der Waals surface area contributed by atoms with Crippen LogP contribution in [0.5, 0.6) is 0 Å². The SMILES string of the molecule is COC1CC(NC(=O)NC(C)c2oc3ccccc3c2C)C1. The number of carbonyl (C=O) groups excluding carboxylic acids is 1. The van der Waals surface area contributed by atoms with Gasteiger partial charge in [0.15, 0.2) is 0 Å². The fraction of sp³-hybridized carbons (Fsp3) is 0.471. The number of aryl methyl sites for hydroxylation is 1. The Labute approximate surface area is 130 Å². The standard InChI is InChI=1S/C17H22N2O3/c1-10-14-6-4-5-7-15(14)22-16(10)11(2)18-17(20)19-12-8-13(9-12)21-3/h4-7,11-13H,8-9H2,1-3H3,(H2,18,19,20). The van der Waals surface area contributed by atoms with Crippen molar-refractivity contribution in [1.82, 2.24) is 10.6 Å². The van der Waals surface area contributed by atoms with Gasteiger partial charge in [0.05, 0.1) is 12.1 Å². The molecule has 2 N–H and O–H groups in total. The molecule has 2 aromatic rings. The number of amides is 2. The van der Waals surface area contributed by atoms with Gasteiger partial charge in [-0.15, -0.1) is 0 Å². The Kier molecular flexibility index (Phi) is 4.07. The fourth-order valence-corrected chi connectivity index (χ4v) is 2.97. The van der Waals surface area contributed by atoms with Gasteiger partial charge in [0.1, 0.15) is 11.3 Å². The van der Waals surface area contributed by atoms with Crippen molar-refractivity contribution >= 4 is 17.0 Å². The summed E-state index contributed by atoms with van der Waals surface area (Å²) in [4.78, 5) is 12.0. The van der Waals surface area contributed by atoms with Crippen LogP contribution in [0.4, 0.5) is 4.79 Å². The van der Waals surface area contributed by atoms with Gasteiger partial charge < -0.3 is 19.8 Å². The van der Waals surface area contributed by atoms with Gasteiger partial charge in [0.2, 0.25) is 0 Å². The molecule has 1 aliphatic carbocycles. The normalized spacial score (nSPS) is 22.1. The first-order valence-electron chi connectivity index (χ1n) is 7.66. The molecule has 5 nitrogen and oxygen atoms in total. The van der Waals surface area contributed by atoms with Crippen molar-refractivity contribution in [1.29, 1.82) is 0 Å². The van der Waals surface area contributed by atoms with E-state index >= 15 is 0 Å². The van der Waals surface area contributed by atoms with E-state index in [0.717, 1.165) is 35.1 Å². The van der Waals surface area contributed by atoms with Crippen LogP contribution in [0.25, 0.3) is 11.0 Å². The Hall–Kier alpha value is -2.01. The van der Waals surface area contributed by atoms with Gasteiger partial charge in [0, 0.05) is 24.1 Å². The molecule has 1 aromatic heterocycles. The molecule has 1 aromatic carbocycles. The molecule has 22 heavy (non-hydrogen) atoms. The van der Waals surface area contributed by atoms with Crippen LogP contribution in [0.15, 0.2) is 28.7 Å². The quantitative estimate of drug-likeness (QED) is 0.911. The molecule has 0 saturated heterocycles. The lowest BCUT2D eigenvalue weighted by molar-refractivity contribution is 0.0205. The molecule has 1 unspecified atom stereocenters. The number of methoxy groups -OCH3 is 1. The van der Waals surface area contributed by atoms with Gasteiger partial charge in [-0.25, -0.2) is 4.79 Å². The number of fused-ring (bicyclic) bond motifs is 1. The van der Waals surface area contributed by atoms with Crippen molar-refractivity contribution in [2.75, 3.05) is 7.11 Å². The monoisotopic (exact) mass is 302 g/mol. The van der Waals surface area contributed by atoms with Crippen LogP contribution >= 0.6 is 0 Å². The smallest absolute Gasteiger partial charge is 0.315 e. The van der Waals surface area contributed by atoms with Crippen molar-refractivity contribution in [3.63, 3.8) is 0 Å². The van der Waals surface area contributed by atoms with Crippen LogP contribution in [0, 0.1) is 6.92 Å². The van der Waals surface area contributed by atoms with E-state index in [2.05, 4.69) is 10.6 Å². The average Bonchev–Trinajstić information content (AvgIpc) is 2.80. The summed E-state index contributed by atoms with van der Waals surface area (Å²) in [5.74, 6) is 0.805. The maximum atomic E-state index is 12.0. The number of hydrogen-bond acceptors (Lipinski definition) is 3. The fourth-order valence-electron chi connectivity index (χ4n) is 2.97. The summed E-state index contributed by atoms with van der Waals surface area (Å²) in [6.07, 6.45) is 2.03. The van der Waals surface area contributed by atoms with Crippen LogP contribution in [0.3, 0.4) is 0 Å².